The standard InChI is InChI=1S/C24H15N5O12S3/c25-11-13-7-17-12(8-20(13)43(36,37)38)9-21(44(39,40)41)22(23(17)30)29-28-19-6-3-15(10-18(19)24(31)32)27-26-14-1-4-16(5-2-14)42(33,34)35/h1-10,30H,(H,31,32)(H,33,34,35)(H,36,37,38)(H,39,40,41)/b27-26+,29-28+. The molecule has 0 aliphatic rings. The number of phenolic OH excluding ortho intramolecular Hbond substituents is 1. The van der Waals surface area contributed by atoms with Gasteiger partial charge in [0.2, 0.25) is 0 Å². The molecule has 0 unspecified atom stereocenters. The Bertz CT molecular complexity index is 2300. The topological polar surface area (TPSA) is 294 Å². The summed E-state index contributed by atoms with van der Waals surface area (Å²) in [5.41, 5.74) is -2.29. The van der Waals surface area contributed by atoms with Gasteiger partial charge < -0.3 is 10.2 Å². The van der Waals surface area contributed by atoms with Gasteiger partial charge in [-0.05, 0) is 66.0 Å². The van der Waals surface area contributed by atoms with Crippen LogP contribution in [0.15, 0.2) is 95.8 Å². The van der Waals surface area contributed by atoms with Gasteiger partial charge in [0.1, 0.15) is 27.2 Å². The number of nitriles is 1. The van der Waals surface area contributed by atoms with E-state index in [0.717, 1.165) is 30.3 Å². The van der Waals surface area contributed by atoms with E-state index in [1.54, 1.807) is 0 Å². The smallest absolute Gasteiger partial charge is 0.338 e. The van der Waals surface area contributed by atoms with Crippen LogP contribution in [0, 0.1) is 11.3 Å². The van der Waals surface area contributed by atoms with Crippen molar-refractivity contribution in [1.82, 2.24) is 0 Å². The Morgan fingerprint density at radius 2 is 1.27 bits per heavy atom. The largest absolute Gasteiger partial charge is 0.505 e. The Balaban J connectivity index is 1.79. The number of aromatic hydroxyl groups is 1. The summed E-state index contributed by atoms with van der Waals surface area (Å²) in [6.45, 7) is 0. The van der Waals surface area contributed by atoms with Gasteiger partial charge in [-0.3, -0.25) is 13.7 Å². The van der Waals surface area contributed by atoms with E-state index in [9.17, 15) is 54.6 Å². The first kappa shape index (κ1) is 31.8. The molecule has 0 atom stereocenters. The van der Waals surface area contributed by atoms with Crippen LogP contribution in [0.2, 0.25) is 0 Å². The summed E-state index contributed by atoms with van der Waals surface area (Å²) in [5.74, 6) is -2.53. The predicted octanol–water partition coefficient (Wildman–Crippen LogP) is 4.69. The van der Waals surface area contributed by atoms with Crippen molar-refractivity contribution in [2.24, 2.45) is 20.5 Å². The number of rotatable bonds is 8. The molecule has 0 radical (unpaired) electrons. The van der Waals surface area contributed by atoms with Gasteiger partial charge in [0, 0.05) is 5.39 Å². The molecule has 5 N–H and O–H groups in total. The SMILES string of the molecule is N#Cc1cc2c(O)c(/N=N/c3ccc(/N=N/c4ccc(S(=O)(=O)O)cc4)cc3C(=O)O)c(S(=O)(=O)O)cc2cc1S(=O)(=O)O. The number of hydrogen-bond donors (Lipinski definition) is 5. The van der Waals surface area contributed by atoms with E-state index in [-0.39, 0.29) is 32.7 Å². The highest BCUT2D eigenvalue weighted by molar-refractivity contribution is 7.86. The van der Waals surface area contributed by atoms with Crippen LogP contribution >= 0.6 is 0 Å². The molecule has 0 aliphatic heterocycles. The zero-order valence-corrected chi connectivity index (χ0v) is 23.8. The number of carbonyl (C=O) groups is 1. The van der Waals surface area contributed by atoms with Crippen molar-refractivity contribution >= 4 is 69.8 Å². The lowest BCUT2D eigenvalue weighted by molar-refractivity contribution is 0.0697. The molecular formula is C24H15N5O12S3. The number of azo groups is 2. The van der Waals surface area contributed by atoms with Gasteiger partial charge in [-0.15, -0.1) is 10.2 Å². The highest BCUT2D eigenvalue weighted by Crippen LogP contribution is 2.43. The second-order valence-electron chi connectivity index (χ2n) is 8.58. The summed E-state index contributed by atoms with van der Waals surface area (Å²) >= 11 is 0. The van der Waals surface area contributed by atoms with E-state index >= 15 is 0 Å². The van der Waals surface area contributed by atoms with E-state index in [2.05, 4.69) is 20.5 Å². The molecular weight excluding hydrogens is 646 g/mol. The van der Waals surface area contributed by atoms with Crippen LogP contribution in [0.3, 0.4) is 0 Å². The highest BCUT2D eigenvalue weighted by Gasteiger charge is 2.25. The summed E-state index contributed by atoms with van der Waals surface area (Å²) in [6.07, 6.45) is 0. The third-order valence-corrected chi connectivity index (χ3v) is 8.34. The second-order valence-corrected chi connectivity index (χ2v) is 12.8. The molecule has 0 heterocycles. The quantitative estimate of drug-likeness (QED) is 0.127. The van der Waals surface area contributed by atoms with Crippen molar-refractivity contribution < 1.29 is 53.9 Å². The minimum Gasteiger partial charge on any atom is -0.505 e. The minimum absolute atomic E-state index is 0.0222. The van der Waals surface area contributed by atoms with Crippen molar-refractivity contribution in [2.75, 3.05) is 0 Å². The number of aromatic carboxylic acids is 1. The van der Waals surface area contributed by atoms with Gasteiger partial charge in [-0.1, -0.05) is 0 Å². The van der Waals surface area contributed by atoms with Crippen molar-refractivity contribution in [3.8, 4) is 11.8 Å². The Morgan fingerprint density at radius 1 is 0.705 bits per heavy atom. The van der Waals surface area contributed by atoms with Gasteiger partial charge in [0.05, 0.1) is 27.4 Å². The van der Waals surface area contributed by atoms with Crippen molar-refractivity contribution in [2.45, 2.75) is 14.7 Å². The number of carboxylic acids is 1. The second kappa shape index (κ2) is 11.5. The fourth-order valence-electron chi connectivity index (χ4n) is 3.72. The fourth-order valence-corrected chi connectivity index (χ4v) is 5.51. The van der Waals surface area contributed by atoms with Crippen molar-refractivity contribution in [3.63, 3.8) is 0 Å². The normalized spacial score (nSPS) is 12.6. The van der Waals surface area contributed by atoms with Crippen LogP contribution in [0.1, 0.15) is 15.9 Å². The molecule has 4 aromatic rings. The Kier molecular flexibility index (Phi) is 8.29. The summed E-state index contributed by atoms with van der Waals surface area (Å²) in [6, 6.07) is 11.6. The van der Waals surface area contributed by atoms with Gasteiger partial charge in [0.25, 0.3) is 30.4 Å². The molecule has 0 aliphatic carbocycles. The van der Waals surface area contributed by atoms with E-state index in [4.69, 9.17) is 4.55 Å². The van der Waals surface area contributed by atoms with E-state index in [1.807, 2.05) is 0 Å². The van der Waals surface area contributed by atoms with Crippen molar-refractivity contribution in [1.29, 1.82) is 5.26 Å². The average molecular weight is 662 g/mol. The van der Waals surface area contributed by atoms with E-state index in [1.165, 1.54) is 24.3 Å². The maximum atomic E-state index is 12.1. The number of hydrogen-bond acceptors (Lipinski definition) is 13. The van der Waals surface area contributed by atoms with E-state index < -0.39 is 68.7 Å². The molecule has 0 aromatic heterocycles. The minimum atomic E-state index is -5.18. The third-order valence-electron chi connectivity index (χ3n) is 5.71. The lowest BCUT2D eigenvalue weighted by atomic mass is 10.1. The molecule has 4 rings (SSSR count). The molecule has 17 nitrogen and oxygen atoms in total. The van der Waals surface area contributed by atoms with Crippen LogP contribution in [-0.4, -0.2) is 55.1 Å². The van der Waals surface area contributed by atoms with Gasteiger partial charge >= 0.3 is 5.97 Å². The van der Waals surface area contributed by atoms with Crippen LogP contribution in [0.5, 0.6) is 5.75 Å². The summed E-state index contributed by atoms with van der Waals surface area (Å²) in [4.78, 5) is 9.54. The van der Waals surface area contributed by atoms with Crippen molar-refractivity contribution in [3.05, 3.63) is 71.8 Å². The van der Waals surface area contributed by atoms with Crippen LogP contribution in [-0.2, 0) is 30.4 Å². The zero-order chi connectivity index (χ0) is 32.6. The molecule has 0 amide bonds. The molecule has 0 saturated heterocycles. The molecule has 4 aromatic carbocycles. The first-order valence-corrected chi connectivity index (χ1v) is 15.7. The molecule has 0 spiro atoms. The maximum Gasteiger partial charge on any atom is 0.338 e. The van der Waals surface area contributed by atoms with Crippen LogP contribution in [0.25, 0.3) is 10.8 Å². The van der Waals surface area contributed by atoms with Crippen LogP contribution < -0.4 is 0 Å². The molecule has 226 valence electrons. The van der Waals surface area contributed by atoms with E-state index in [0.29, 0.717) is 12.1 Å². The lowest BCUT2D eigenvalue weighted by Gasteiger charge is -2.11. The first-order valence-electron chi connectivity index (χ1n) is 11.4. The summed E-state index contributed by atoms with van der Waals surface area (Å²) in [5, 5.41) is 44.1. The average Bonchev–Trinajstić information content (AvgIpc) is 2.93. The van der Waals surface area contributed by atoms with Crippen LogP contribution in [0.4, 0.5) is 22.7 Å². The number of carboxylic acid groups (broad SMARTS) is 1. The number of benzene rings is 4. The lowest BCUT2D eigenvalue weighted by Crippen LogP contribution is -2.03. The summed E-state index contributed by atoms with van der Waals surface area (Å²) < 4.78 is 98.0. The number of nitrogens with zero attached hydrogens (tertiary/aromatic N) is 5. The molecule has 44 heavy (non-hydrogen) atoms. The predicted molar refractivity (Wildman–Crippen MR) is 148 cm³/mol. The third kappa shape index (κ3) is 6.73. The molecule has 0 bridgehead atoms. The molecule has 20 heteroatoms. The molecule has 0 fully saturated rings. The number of fused-ring (bicyclic) bond motifs is 1. The molecule has 0 saturated carbocycles. The number of phenols is 1. The Morgan fingerprint density at radius 3 is 1.82 bits per heavy atom. The fraction of sp³-hybridized carbons (Fsp3) is 0. The highest BCUT2D eigenvalue weighted by atomic mass is 32.2. The Labute approximate surface area is 247 Å². The van der Waals surface area contributed by atoms with Gasteiger partial charge in [-0.25, -0.2) is 4.79 Å². The first-order chi connectivity index (χ1) is 20.4. The van der Waals surface area contributed by atoms with Gasteiger partial charge in [-0.2, -0.15) is 40.7 Å². The maximum absolute atomic E-state index is 12.1. The monoisotopic (exact) mass is 661 g/mol. The zero-order valence-electron chi connectivity index (χ0n) is 21.3. The summed E-state index contributed by atoms with van der Waals surface area (Å²) in [7, 11) is -14.6. The Hall–Kier alpha value is -5.17. The van der Waals surface area contributed by atoms with Gasteiger partial charge in [0.15, 0.2) is 5.75 Å².